The molecule has 0 bridgehead atoms. The maximum absolute atomic E-state index is 11.5. The first-order valence-corrected chi connectivity index (χ1v) is 11.8. The third kappa shape index (κ3) is 9.25. The summed E-state index contributed by atoms with van der Waals surface area (Å²) in [4.78, 5) is 4.22. The van der Waals surface area contributed by atoms with Crippen molar-refractivity contribution in [2.45, 2.75) is 57.7 Å². The van der Waals surface area contributed by atoms with Gasteiger partial charge in [0.15, 0.2) is 5.96 Å². The molecular formula is C20H35IN4O4S. The second-order valence-corrected chi connectivity index (χ2v) is 9.78. The minimum Gasteiger partial charge on any atom is -0.497 e. The Balaban J connectivity index is 0.00000450. The van der Waals surface area contributed by atoms with Gasteiger partial charge in [0.1, 0.15) is 11.5 Å². The lowest BCUT2D eigenvalue weighted by atomic mass is 10.1. The van der Waals surface area contributed by atoms with Crippen LogP contribution in [0.4, 0.5) is 0 Å². The SMILES string of the molecule is CN=C(NCc1ccc(OC)cc1OC1CCCC1)NCC(C)(C)NS(C)(=O)=O.I. The molecule has 1 aromatic carbocycles. The van der Waals surface area contributed by atoms with Crippen LogP contribution >= 0.6 is 24.0 Å². The summed E-state index contributed by atoms with van der Waals surface area (Å²) in [5.41, 5.74) is 0.358. The van der Waals surface area contributed by atoms with Crippen molar-refractivity contribution >= 4 is 40.0 Å². The van der Waals surface area contributed by atoms with Crippen LogP contribution in [0.5, 0.6) is 11.5 Å². The summed E-state index contributed by atoms with van der Waals surface area (Å²) in [7, 11) is 0.0261. The van der Waals surface area contributed by atoms with E-state index in [1.165, 1.54) is 12.8 Å². The molecule has 172 valence electrons. The smallest absolute Gasteiger partial charge is 0.209 e. The van der Waals surface area contributed by atoms with Crippen molar-refractivity contribution in [3.8, 4) is 11.5 Å². The Kier molecular flexibility index (Phi) is 10.7. The monoisotopic (exact) mass is 554 g/mol. The lowest BCUT2D eigenvalue weighted by Gasteiger charge is -2.26. The van der Waals surface area contributed by atoms with Gasteiger partial charge in [0.25, 0.3) is 0 Å². The molecule has 0 spiro atoms. The fourth-order valence-electron chi connectivity index (χ4n) is 3.35. The Morgan fingerprint density at radius 1 is 1.23 bits per heavy atom. The fraction of sp³-hybridized carbons (Fsp3) is 0.650. The summed E-state index contributed by atoms with van der Waals surface area (Å²) >= 11 is 0. The van der Waals surface area contributed by atoms with Crippen LogP contribution in [0.15, 0.2) is 23.2 Å². The largest absolute Gasteiger partial charge is 0.497 e. The summed E-state index contributed by atoms with van der Waals surface area (Å²) in [6.45, 7) is 4.52. The molecule has 1 saturated carbocycles. The number of hydrogen-bond acceptors (Lipinski definition) is 5. The minimum absolute atomic E-state index is 0. The summed E-state index contributed by atoms with van der Waals surface area (Å²) in [6.07, 6.45) is 5.97. The van der Waals surface area contributed by atoms with Gasteiger partial charge in [-0.15, -0.1) is 24.0 Å². The van der Waals surface area contributed by atoms with Crippen LogP contribution in [0.2, 0.25) is 0 Å². The van der Waals surface area contributed by atoms with Crippen molar-refractivity contribution in [3.63, 3.8) is 0 Å². The third-order valence-corrected chi connectivity index (χ3v) is 5.62. The number of aliphatic imine (C=N–C) groups is 1. The van der Waals surface area contributed by atoms with Crippen molar-refractivity contribution in [2.75, 3.05) is 27.0 Å². The Bertz CT molecular complexity index is 809. The van der Waals surface area contributed by atoms with E-state index in [0.717, 1.165) is 36.2 Å². The lowest BCUT2D eigenvalue weighted by molar-refractivity contribution is 0.207. The Morgan fingerprint density at radius 2 is 1.90 bits per heavy atom. The third-order valence-electron chi connectivity index (χ3n) is 4.70. The van der Waals surface area contributed by atoms with Crippen LogP contribution in [-0.2, 0) is 16.6 Å². The van der Waals surface area contributed by atoms with E-state index in [0.29, 0.717) is 19.0 Å². The average Bonchev–Trinajstić information content (AvgIpc) is 3.13. The van der Waals surface area contributed by atoms with Crippen molar-refractivity contribution < 1.29 is 17.9 Å². The number of halogens is 1. The molecule has 0 aliphatic heterocycles. The Morgan fingerprint density at radius 3 is 2.47 bits per heavy atom. The standard InChI is InChI=1S/C20H34N4O4S.HI/c1-20(2,24-29(5,25)26)14-23-19(21-3)22-13-15-10-11-17(27-4)12-18(15)28-16-8-6-7-9-16;/h10-12,16,24H,6-9,13-14H2,1-5H3,(H2,21,22,23);1H. The van der Waals surface area contributed by atoms with Gasteiger partial charge in [-0.1, -0.05) is 0 Å². The topological polar surface area (TPSA) is 101 Å². The van der Waals surface area contributed by atoms with Crippen LogP contribution in [0, 0.1) is 0 Å². The summed E-state index contributed by atoms with van der Waals surface area (Å²) in [5.74, 6) is 2.16. The molecule has 30 heavy (non-hydrogen) atoms. The number of nitrogens with one attached hydrogen (secondary N) is 3. The molecule has 1 aliphatic rings. The van der Waals surface area contributed by atoms with Gasteiger partial charge >= 0.3 is 0 Å². The second-order valence-electron chi connectivity index (χ2n) is 8.04. The van der Waals surface area contributed by atoms with Gasteiger partial charge in [0.05, 0.1) is 19.5 Å². The summed E-state index contributed by atoms with van der Waals surface area (Å²) < 4.78 is 37.2. The molecule has 8 nitrogen and oxygen atoms in total. The van der Waals surface area contributed by atoms with Gasteiger partial charge in [-0.05, 0) is 51.7 Å². The number of nitrogens with zero attached hydrogens (tertiary/aromatic N) is 1. The molecular weight excluding hydrogens is 519 g/mol. The molecule has 0 saturated heterocycles. The molecule has 0 heterocycles. The number of hydrogen-bond donors (Lipinski definition) is 3. The van der Waals surface area contributed by atoms with Crippen molar-refractivity contribution in [1.29, 1.82) is 0 Å². The first kappa shape index (κ1) is 26.8. The predicted molar refractivity (Wildman–Crippen MR) is 132 cm³/mol. The van der Waals surface area contributed by atoms with E-state index < -0.39 is 15.6 Å². The zero-order valence-corrected chi connectivity index (χ0v) is 21.6. The van der Waals surface area contributed by atoms with Gasteiger partial charge in [-0.3, -0.25) is 4.99 Å². The fourth-order valence-corrected chi connectivity index (χ4v) is 4.42. The highest BCUT2D eigenvalue weighted by Crippen LogP contribution is 2.29. The normalized spacial score (nSPS) is 15.4. The minimum atomic E-state index is -3.29. The van der Waals surface area contributed by atoms with E-state index in [1.807, 2.05) is 32.0 Å². The van der Waals surface area contributed by atoms with E-state index in [9.17, 15) is 8.42 Å². The zero-order chi connectivity index (χ0) is 21.5. The van der Waals surface area contributed by atoms with E-state index >= 15 is 0 Å². The van der Waals surface area contributed by atoms with Crippen molar-refractivity contribution in [2.24, 2.45) is 4.99 Å². The number of rotatable bonds is 9. The Hall–Kier alpha value is -1.27. The van der Waals surface area contributed by atoms with Crippen LogP contribution < -0.4 is 24.8 Å². The van der Waals surface area contributed by atoms with Crippen molar-refractivity contribution in [3.05, 3.63) is 23.8 Å². The van der Waals surface area contributed by atoms with E-state index in [-0.39, 0.29) is 30.1 Å². The quantitative estimate of drug-likeness (QED) is 0.247. The molecule has 1 fully saturated rings. The zero-order valence-electron chi connectivity index (χ0n) is 18.4. The highest BCUT2D eigenvalue weighted by molar-refractivity contribution is 14.0. The van der Waals surface area contributed by atoms with Gasteiger partial charge in [0.2, 0.25) is 10.0 Å². The number of methoxy groups -OCH3 is 1. The lowest BCUT2D eigenvalue weighted by Crippen LogP contribution is -2.52. The average molecular weight is 554 g/mol. The van der Waals surface area contributed by atoms with Gasteiger partial charge in [-0.25, -0.2) is 13.1 Å². The molecule has 0 radical (unpaired) electrons. The van der Waals surface area contributed by atoms with Crippen LogP contribution in [-0.4, -0.2) is 53.0 Å². The summed E-state index contributed by atoms with van der Waals surface area (Å²) in [5, 5.41) is 6.43. The van der Waals surface area contributed by atoms with Crippen LogP contribution in [0.1, 0.15) is 45.1 Å². The van der Waals surface area contributed by atoms with Gasteiger partial charge in [0, 0.05) is 37.3 Å². The van der Waals surface area contributed by atoms with E-state index in [1.54, 1.807) is 14.2 Å². The summed E-state index contributed by atoms with van der Waals surface area (Å²) in [6, 6.07) is 5.82. The highest BCUT2D eigenvalue weighted by atomic mass is 127. The molecule has 2 rings (SSSR count). The number of guanidine groups is 1. The van der Waals surface area contributed by atoms with Crippen molar-refractivity contribution in [1.82, 2.24) is 15.4 Å². The molecule has 1 aromatic rings. The molecule has 3 N–H and O–H groups in total. The van der Waals surface area contributed by atoms with Gasteiger partial charge in [-0.2, -0.15) is 0 Å². The maximum atomic E-state index is 11.5. The van der Waals surface area contributed by atoms with Crippen LogP contribution in [0.25, 0.3) is 0 Å². The Labute approximate surface area is 197 Å². The molecule has 10 heteroatoms. The number of sulfonamides is 1. The molecule has 0 atom stereocenters. The second kappa shape index (κ2) is 11.9. The molecule has 1 aliphatic carbocycles. The van der Waals surface area contributed by atoms with Crippen LogP contribution in [0.3, 0.4) is 0 Å². The van der Waals surface area contributed by atoms with Gasteiger partial charge < -0.3 is 20.1 Å². The maximum Gasteiger partial charge on any atom is 0.209 e. The first-order chi connectivity index (χ1) is 13.6. The molecule has 0 aromatic heterocycles. The molecule has 0 amide bonds. The van der Waals surface area contributed by atoms with E-state index in [4.69, 9.17) is 9.47 Å². The number of ether oxygens (including phenoxy) is 2. The highest BCUT2D eigenvalue weighted by Gasteiger charge is 2.22. The number of benzene rings is 1. The van der Waals surface area contributed by atoms with E-state index in [2.05, 4.69) is 20.3 Å². The predicted octanol–water partition coefficient (Wildman–Crippen LogP) is 2.63. The first-order valence-electron chi connectivity index (χ1n) is 9.89. The molecule has 0 unspecified atom stereocenters.